The van der Waals surface area contributed by atoms with Crippen LogP contribution in [0.15, 0.2) is 60.8 Å². The standard InChI is InChI=1S/C25H23FN4O3.C2H6/c1-25(2)14-29(17-6-4-15(5-7-17)24(31)32)21-12-20-16(13-27-28-20)10-22(21)30(25)18-8-9-19(26)23(11-18)33-3;1-2/h4-13H,14H2,1-3H3,(H,27,28)(H,31,32);1-2H3. The van der Waals surface area contributed by atoms with E-state index in [2.05, 4.69) is 39.9 Å². The first kappa shape index (κ1) is 24.1. The van der Waals surface area contributed by atoms with Crippen LogP contribution >= 0.6 is 0 Å². The van der Waals surface area contributed by atoms with E-state index in [1.807, 2.05) is 32.0 Å². The van der Waals surface area contributed by atoms with Crippen LogP contribution in [0.5, 0.6) is 5.75 Å². The number of aromatic nitrogens is 2. The van der Waals surface area contributed by atoms with Crippen molar-refractivity contribution in [3.05, 3.63) is 72.2 Å². The zero-order valence-electron chi connectivity index (χ0n) is 20.5. The summed E-state index contributed by atoms with van der Waals surface area (Å²) in [6.45, 7) is 8.83. The van der Waals surface area contributed by atoms with Crippen LogP contribution in [0.4, 0.5) is 27.1 Å². The number of aromatic amines is 1. The Balaban J connectivity index is 0.00000141. The second kappa shape index (κ2) is 9.29. The number of carboxylic acids is 1. The third-order valence-electron chi connectivity index (χ3n) is 6.04. The summed E-state index contributed by atoms with van der Waals surface area (Å²) in [4.78, 5) is 15.7. The minimum atomic E-state index is -0.962. The Morgan fingerprint density at radius 3 is 2.40 bits per heavy atom. The summed E-state index contributed by atoms with van der Waals surface area (Å²) in [7, 11) is 1.45. The monoisotopic (exact) mass is 476 g/mol. The Kier molecular flexibility index (Phi) is 6.39. The number of H-pyrrole nitrogens is 1. The van der Waals surface area contributed by atoms with E-state index >= 15 is 0 Å². The molecule has 1 aliphatic rings. The van der Waals surface area contributed by atoms with Crippen LogP contribution in [0.1, 0.15) is 38.1 Å². The molecule has 7 nitrogen and oxygen atoms in total. The Bertz CT molecular complexity index is 1360. The number of rotatable bonds is 4. The molecule has 0 unspecified atom stereocenters. The molecular formula is C27H29FN4O3. The fourth-order valence-electron chi connectivity index (χ4n) is 4.52. The molecule has 1 aliphatic heterocycles. The highest BCUT2D eigenvalue weighted by molar-refractivity contribution is 5.96. The molecule has 0 spiro atoms. The zero-order valence-corrected chi connectivity index (χ0v) is 20.5. The smallest absolute Gasteiger partial charge is 0.335 e. The molecule has 2 N–H and O–H groups in total. The summed E-state index contributed by atoms with van der Waals surface area (Å²) < 4.78 is 19.4. The van der Waals surface area contributed by atoms with Gasteiger partial charge in [-0.25, -0.2) is 9.18 Å². The molecule has 8 heteroatoms. The second-order valence-corrected chi connectivity index (χ2v) is 8.70. The van der Waals surface area contributed by atoms with Gasteiger partial charge in [0.15, 0.2) is 11.6 Å². The van der Waals surface area contributed by atoms with Gasteiger partial charge in [-0.2, -0.15) is 5.10 Å². The van der Waals surface area contributed by atoms with Crippen molar-refractivity contribution in [3.63, 3.8) is 0 Å². The Morgan fingerprint density at radius 2 is 1.74 bits per heavy atom. The lowest BCUT2D eigenvalue weighted by atomic mass is 9.93. The molecule has 5 rings (SSSR count). The maximum atomic E-state index is 14.2. The molecule has 0 radical (unpaired) electrons. The van der Waals surface area contributed by atoms with Gasteiger partial charge in [0.05, 0.1) is 41.3 Å². The first-order valence-corrected chi connectivity index (χ1v) is 11.5. The van der Waals surface area contributed by atoms with Crippen molar-refractivity contribution in [2.75, 3.05) is 23.5 Å². The average Bonchev–Trinajstić information content (AvgIpc) is 3.31. The van der Waals surface area contributed by atoms with Crippen molar-refractivity contribution in [1.29, 1.82) is 0 Å². The third kappa shape index (κ3) is 4.27. The van der Waals surface area contributed by atoms with Crippen molar-refractivity contribution in [1.82, 2.24) is 10.2 Å². The molecular weight excluding hydrogens is 447 g/mol. The average molecular weight is 477 g/mol. The van der Waals surface area contributed by atoms with Crippen LogP contribution in [0.25, 0.3) is 10.9 Å². The topological polar surface area (TPSA) is 81.7 Å². The number of ether oxygens (including phenoxy) is 1. The van der Waals surface area contributed by atoms with Gasteiger partial charge in [-0.05, 0) is 62.4 Å². The molecule has 0 aliphatic carbocycles. The quantitative estimate of drug-likeness (QED) is 0.350. The fourth-order valence-corrected chi connectivity index (χ4v) is 4.52. The molecule has 0 bridgehead atoms. The van der Waals surface area contributed by atoms with E-state index in [1.54, 1.807) is 30.5 Å². The zero-order chi connectivity index (χ0) is 25.3. The number of methoxy groups -OCH3 is 1. The fraction of sp³-hybridized carbons (Fsp3) is 0.259. The van der Waals surface area contributed by atoms with Crippen LogP contribution < -0.4 is 14.5 Å². The molecule has 0 fully saturated rings. The molecule has 2 heterocycles. The van der Waals surface area contributed by atoms with Crippen LogP contribution in [0.3, 0.4) is 0 Å². The van der Waals surface area contributed by atoms with Crippen LogP contribution in [-0.2, 0) is 0 Å². The predicted molar refractivity (Wildman–Crippen MR) is 137 cm³/mol. The van der Waals surface area contributed by atoms with Gasteiger partial charge in [-0.15, -0.1) is 0 Å². The van der Waals surface area contributed by atoms with Crippen molar-refractivity contribution >= 4 is 39.6 Å². The van der Waals surface area contributed by atoms with E-state index in [0.29, 0.717) is 6.54 Å². The number of aromatic carboxylic acids is 1. The number of hydrogen-bond donors (Lipinski definition) is 2. The van der Waals surface area contributed by atoms with Crippen molar-refractivity contribution < 1.29 is 19.0 Å². The molecule has 3 aromatic carbocycles. The van der Waals surface area contributed by atoms with E-state index in [0.717, 1.165) is 33.7 Å². The number of nitrogens with zero attached hydrogens (tertiary/aromatic N) is 3. The minimum Gasteiger partial charge on any atom is -0.494 e. The van der Waals surface area contributed by atoms with Crippen LogP contribution in [0.2, 0.25) is 0 Å². The highest BCUT2D eigenvalue weighted by Gasteiger charge is 2.39. The van der Waals surface area contributed by atoms with Crippen molar-refractivity contribution in [3.8, 4) is 5.75 Å². The minimum absolute atomic E-state index is 0.181. The number of hydrogen-bond acceptors (Lipinski definition) is 5. The van der Waals surface area contributed by atoms with E-state index in [1.165, 1.54) is 13.2 Å². The summed E-state index contributed by atoms with van der Waals surface area (Å²) in [5.74, 6) is -1.20. The summed E-state index contributed by atoms with van der Waals surface area (Å²) in [6, 6.07) is 15.8. The van der Waals surface area contributed by atoms with Gasteiger partial charge in [0.2, 0.25) is 0 Å². The molecule has 182 valence electrons. The van der Waals surface area contributed by atoms with E-state index < -0.39 is 17.3 Å². The predicted octanol–water partition coefficient (Wildman–Crippen LogP) is 6.50. The van der Waals surface area contributed by atoms with Gasteiger partial charge >= 0.3 is 5.97 Å². The maximum absolute atomic E-state index is 14.2. The summed E-state index contributed by atoms with van der Waals surface area (Å²) >= 11 is 0. The van der Waals surface area contributed by atoms with Crippen molar-refractivity contribution in [2.45, 2.75) is 33.2 Å². The molecule has 35 heavy (non-hydrogen) atoms. The number of halogens is 1. The molecule has 0 saturated carbocycles. The number of nitrogens with one attached hydrogen (secondary N) is 1. The lowest BCUT2D eigenvalue weighted by Gasteiger charge is -2.50. The lowest BCUT2D eigenvalue weighted by molar-refractivity contribution is 0.0697. The first-order chi connectivity index (χ1) is 16.8. The first-order valence-electron chi connectivity index (χ1n) is 11.5. The molecule has 4 aromatic rings. The number of carboxylic acid groups (broad SMARTS) is 1. The lowest BCUT2D eigenvalue weighted by Crippen LogP contribution is -2.52. The Labute approximate surface area is 203 Å². The Hall–Kier alpha value is -4.07. The van der Waals surface area contributed by atoms with Crippen LogP contribution in [-0.4, -0.2) is 40.5 Å². The summed E-state index contributed by atoms with van der Waals surface area (Å²) in [5, 5.41) is 17.4. The van der Waals surface area contributed by atoms with Gasteiger partial charge in [0, 0.05) is 29.4 Å². The SMILES string of the molecule is CC.COc1cc(N2c3cc4cn[nH]c4cc3N(c3ccc(C(=O)O)cc3)CC2(C)C)ccc1F. The second-order valence-electron chi connectivity index (χ2n) is 8.70. The van der Waals surface area contributed by atoms with Gasteiger partial charge in [-0.3, -0.25) is 5.10 Å². The number of benzene rings is 3. The largest absolute Gasteiger partial charge is 0.494 e. The highest BCUT2D eigenvalue weighted by Crippen LogP contribution is 2.48. The van der Waals surface area contributed by atoms with Crippen molar-refractivity contribution in [2.24, 2.45) is 0 Å². The van der Waals surface area contributed by atoms with Gasteiger partial charge in [0.1, 0.15) is 0 Å². The third-order valence-corrected chi connectivity index (χ3v) is 6.04. The van der Waals surface area contributed by atoms with Gasteiger partial charge < -0.3 is 19.6 Å². The number of carbonyl (C=O) groups is 1. The van der Waals surface area contributed by atoms with Gasteiger partial charge in [0.25, 0.3) is 0 Å². The molecule has 0 atom stereocenters. The Morgan fingerprint density at radius 1 is 1.06 bits per heavy atom. The van der Waals surface area contributed by atoms with Crippen LogP contribution in [0, 0.1) is 5.82 Å². The number of fused-ring (bicyclic) bond motifs is 2. The number of anilines is 4. The van der Waals surface area contributed by atoms with Gasteiger partial charge in [-0.1, -0.05) is 13.8 Å². The summed E-state index contributed by atoms with van der Waals surface area (Å²) in [6.07, 6.45) is 1.77. The van der Waals surface area contributed by atoms with E-state index in [4.69, 9.17) is 4.74 Å². The highest BCUT2D eigenvalue weighted by atomic mass is 19.1. The normalized spacial score (nSPS) is 14.2. The molecule has 0 saturated heterocycles. The van der Waals surface area contributed by atoms with E-state index in [9.17, 15) is 14.3 Å². The molecule has 0 amide bonds. The van der Waals surface area contributed by atoms with E-state index in [-0.39, 0.29) is 11.3 Å². The molecule has 1 aromatic heterocycles. The summed E-state index contributed by atoms with van der Waals surface area (Å²) in [5.41, 5.74) is 4.26. The maximum Gasteiger partial charge on any atom is 0.335 e.